The second kappa shape index (κ2) is 20.5. The third-order valence-corrected chi connectivity index (χ3v) is 11.2. The van der Waals surface area contributed by atoms with E-state index in [0.717, 1.165) is 57.8 Å². The highest BCUT2D eigenvalue weighted by Gasteiger charge is 2.56. The fraction of sp³-hybridized carbons (Fsp3) is 0.974. The summed E-state index contributed by atoms with van der Waals surface area (Å²) < 4.78 is 25.2. The van der Waals surface area contributed by atoms with E-state index < -0.39 is 84.8 Å². The molecule has 2 aliphatic rings. The molecule has 0 spiro atoms. The number of hydroxylamine groups is 3. The van der Waals surface area contributed by atoms with Crippen molar-refractivity contribution in [3.05, 3.63) is 0 Å². The molecule has 0 aromatic heterocycles. The molecule has 2 saturated heterocycles. The number of ether oxygens (including phenoxy) is 4. The number of aliphatic hydroxyl groups excluding tert-OH is 4. The molecule has 50 heavy (non-hydrogen) atoms. The molecule has 0 aliphatic carbocycles. The molecule has 2 heterocycles. The number of carbonyl (C=O) groups excluding carboxylic acids is 1. The van der Waals surface area contributed by atoms with E-state index in [2.05, 4.69) is 27.7 Å². The summed E-state index contributed by atoms with van der Waals surface area (Å²) in [7, 11) is 0. The molecule has 0 amide bonds. The Morgan fingerprint density at radius 1 is 0.800 bits per heavy atom. The maximum atomic E-state index is 14.6. The van der Waals surface area contributed by atoms with E-state index in [-0.39, 0.29) is 10.7 Å². The second-order valence-electron chi connectivity index (χ2n) is 16.0. The third kappa shape index (κ3) is 11.3. The van der Waals surface area contributed by atoms with Gasteiger partial charge in [0.25, 0.3) is 0 Å². The molecule has 0 aromatic rings. The van der Waals surface area contributed by atoms with E-state index in [1.807, 2.05) is 41.5 Å². The Hall–Kier alpha value is -0.930. The topological polar surface area (TPSA) is 170 Å². The largest absolute Gasteiger partial charge is 0.397 e. The van der Waals surface area contributed by atoms with Crippen molar-refractivity contribution in [2.45, 2.75) is 213 Å². The number of carbonyl (C=O) groups is 1. The molecule has 0 radical (unpaired) electrons. The zero-order chi connectivity index (χ0) is 37.9. The molecule has 0 aromatic carbocycles. The van der Waals surface area contributed by atoms with E-state index >= 15 is 0 Å². The van der Waals surface area contributed by atoms with E-state index in [9.17, 15) is 25.2 Å². The monoisotopic (exact) mass is 720 g/mol. The number of aliphatic hydroxyl groups is 4. The van der Waals surface area contributed by atoms with E-state index in [0.29, 0.717) is 25.9 Å². The van der Waals surface area contributed by atoms with Gasteiger partial charge >= 0.3 is 5.97 Å². The first-order chi connectivity index (χ1) is 23.5. The summed E-state index contributed by atoms with van der Waals surface area (Å²) in [5.74, 6) is -0.693. The number of hydrogen-bond donors (Lipinski definition) is 5. The highest BCUT2D eigenvalue weighted by Crippen LogP contribution is 2.38. The van der Waals surface area contributed by atoms with Gasteiger partial charge in [0.15, 0.2) is 12.4 Å². The molecular weight excluding hydrogens is 644 g/mol. The van der Waals surface area contributed by atoms with Gasteiger partial charge in [-0.1, -0.05) is 81.1 Å². The molecule has 5 unspecified atom stereocenters. The number of nitrogens with two attached hydrogens (primary N) is 1. The molecule has 11 atom stereocenters. The SMILES string of the molecule is CCCCC(CCC)[N+](CCCC)(CCCC)OC(=O)C1O[C@@H](O[C@@H]2C(N)[C@H](C(C)(C)CC)OC(CO)[C@H]2O)[C@@H](O)C(O)[C@@H]1OC(C)(C)CC. The molecule has 12 nitrogen and oxygen atoms in total. The number of nitrogens with zero attached hydrogens (tertiary/aromatic N) is 1. The fourth-order valence-electron chi connectivity index (χ4n) is 7.19. The summed E-state index contributed by atoms with van der Waals surface area (Å²) in [6.45, 7) is 21.0. The van der Waals surface area contributed by atoms with Gasteiger partial charge in [-0.15, -0.1) is 4.65 Å². The number of unbranched alkanes of at least 4 members (excludes halogenated alkanes) is 3. The standard InChI is InChI=1S/C38H75N2O10/c1-11-17-21-25(20-14-4)40(22-18-12-2,23-19-13-3)50-35(45)33-32(49-38(9,10)16-6)29(43)30(44)36(48-33)47-31-27(39)34(37(7,8)15-5)46-26(24-41)28(31)42/h25-34,36,41-44H,11-24,39H2,1-10H3/q+1/t25?,26?,27?,28-,29?,30+,31-,32+,33?,34-,36-/m1/s1. The summed E-state index contributed by atoms with van der Waals surface area (Å²) in [5.41, 5.74) is 5.47. The Bertz CT molecular complexity index is 975. The van der Waals surface area contributed by atoms with Crippen LogP contribution in [0.1, 0.15) is 140 Å². The van der Waals surface area contributed by atoms with Gasteiger partial charge in [0.2, 0.25) is 0 Å². The van der Waals surface area contributed by atoms with Gasteiger partial charge in [-0.2, -0.15) is 0 Å². The molecule has 0 saturated carbocycles. The first-order valence-electron chi connectivity index (χ1n) is 19.7. The average molecular weight is 720 g/mol. The number of hydrogen-bond acceptors (Lipinski definition) is 11. The fourth-order valence-corrected chi connectivity index (χ4v) is 7.19. The van der Waals surface area contributed by atoms with Crippen LogP contribution in [0.4, 0.5) is 0 Å². The summed E-state index contributed by atoms with van der Waals surface area (Å²) in [5, 5.41) is 44.4. The van der Waals surface area contributed by atoms with Crippen LogP contribution in [0.15, 0.2) is 0 Å². The number of rotatable bonds is 22. The van der Waals surface area contributed by atoms with E-state index in [1.54, 1.807) is 0 Å². The minimum atomic E-state index is -1.65. The Morgan fingerprint density at radius 2 is 1.40 bits per heavy atom. The second-order valence-corrected chi connectivity index (χ2v) is 16.0. The van der Waals surface area contributed by atoms with Crippen molar-refractivity contribution in [3.63, 3.8) is 0 Å². The maximum absolute atomic E-state index is 14.6. The van der Waals surface area contributed by atoms with Crippen molar-refractivity contribution in [1.29, 1.82) is 0 Å². The predicted octanol–water partition coefficient (Wildman–Crippen LogP) is 4.51. The van der Waals surface area contributed by atoms with Crippen LogP contribution in [0.2, 0.25) is 0 Å². The zero-order valence-electron chi connectivity index (χ0n) is 33.0. The molecular formula is C38H75N2O10+. The van der Waals surface area contributed by atoms with Crippen molar-refractivity contribution in [1.82, 2.24) is 0 Å². The average Bonchev–Trinajstić information content (AvgIpc) is 3.08. The highest BCUT2D eigenvalue weighted by molar-refractivity contribution is 5.75. The van der Waals surface area contributed by atoms with Crippen molar-refractivity contribution in [2.24, 2.45) is 11.1 Å². The predicted molar refractivity (Wildman–Crippen MR) is 193 cm³/mol. The van der Waals surface area contributed by atoms with Crippen LogP contribution >= 0.6 is 0 Å². The lowest BCUT2D eigenvalue weighted by atomic mass is 9.76. The molecule has 0 bridgehead atoms. The van der Waals surface area contributed by atoms with Crippen LogP contribution in [-0.2, 0) is 28.6 Å². The Balaban J connectivity index is 2.60. The smallest absolute Gasteiger partial charge is 0.394 e. The van der Waals surface area contributed by atoms with Crippen molar-refractivity contribution >= 4 is 5.97 Å². The normalized spacial score (nSPS) is 31.8. The van der Waals surface area contributed by atoms with Gasteiger partial charge in [-0.25, -0.2) is 4.79 Å². The summed E-state index contributed by atoms with van der Waals surface area (Å²) in [6.07, 6.45) is -2.03. The van der Waals surface area contributed by atoms with Crippen molar-refractivity contribution < 1.29 is 53.7 Å². The van der Waals surface area contributed by atoms with E-state index in [1.165, 1.54) is 0 Å². The number of quaternary nitrogens is 1. The Kier molecular flexibility index (Phi) is 18.5. The Labute approximate surface area is 302 Å². The first-order valence-corrected chi connectivity index (χ1v) is 19.7. The van der Waals surface area contributed by atoms with Crippen molar-refractivity contribution in [2.75, 3.05) is 19.7 Å². The van der Waals surface area contributed by atoms with Gasteiger partial charge in [0.1, 0.15) is 55.8 Å². The maximum Gasteiger partial charge on any atom is 0.397 e. The first kappa shape index (κ1) is 45.2. The quantitative estimate of drug-likeness (QED) is 0.0788. The van der Waals surface area contributed by atoms with Crippen LogP contribution < -0.4 is 5.73 Å². The molecule has 296 valence electrons. The van der Waals surface area contributed by atoms with E-state index in [4.69, 9.17) is 29.5 Å². The van der Waals surface area contributed by atoms with Crippen LogP contribution in [0.3, 0.4) is 0 Å². The van der Waals surface area contributed by atoms with Crippen LogP contribution in [0, 0.1) is 5.41 Å². The summed E-state index contributed by atoms with van der Waals surface area (Å²) in [4.78, 5) is 21.3. The van der Waals surface area contributed by atoms with Crippen LogP contribution in [-0.4, -0.2) is 124 Å². The zero-order valence-corrected chi connectivity index (χ0v) is 33.0. The van der Waals surface area contributed by atoms with Crippen LogP contribution in [0.25, 0.3) is 0 Å². The van der Waals surface area contributed by atoms with Gasteiger partial charge in [-0.05, 0) is 38.5 Å². The summed E-state index contributed by atoms with van der Waals surface area (Å²) in [6, 6.07) is -0.792. The van der Waals surface area contributed by atoms with Crippen LogP contribution in [0.5, 0.6) is 0 Å². The van der Waals surface area contributed by atoms with Gasteiger partial charge in [0, 0.05) is 25.7 Å². The lowest BCUT2D eigenvalue weighted by molar-refractivity contribution is -1.11. The molecule has 6 N–H and O–H groups in total. The molecule has 2 fully saturated rings. The highest BCUT2D eigenvalue weighted by atomic mass is 16.8. The summed E-state index contributed by atoms with van der Waals surface area (Å²) >= 11 is 0. The third-order valence-electron chi connectivity index (χ3n) is 11.2. The van der Waals surface area contributed by atoms with Gasteiger partial charge in [-0.3, -0.25) is 4.84 Å². The van der Waals surface area contributed by atoms with Gasteiger partial charge < -0.3 is 45.1 Å². The molecule has 2 rings (SSSR count). The molecule has 2 aliphatic heterocycles. The Morgan fingerprint density at radius 3 is 1.90 bits per heavy atom. The lowest BCUT2D eigenvalue weighted by Crippen LogP contribution is -2.69. The minimum absolute atomic E-state index is 0.0873. The minimum Gasteiger partial charge on any atom is -0.394 e. The van der Waals surface area contributed by atoms with Gasteiger partial charge in [0.05, 0.1) is 24.4 Å². The lowest BCUT2D eigenvalue weighted by Gasteiger charge is -2.50. The van der Waals surface area contributed by atoms with Crippen molar-refractivity contribution in [3.8, 4) is 0 Å². The molecule has 12 heteroatoms.